The van der Waals surface area contributed by atoms with Crippen LogP contribution in [0.15, 0.2) is 60.7 Å². The van der Waals surface area contributed by atoms with E-state index >= 15 is 0 Å². The Balaban J connectivity index is 1.54. The summed E-state index contributed by atoms with van der Waals surface area (Å²) in [7, 11) is 0. The summed E-state index contributed by atoms with van der Waals surface area (Å²) in [5.41, 5.74) is 3.28. The minimum atomic E-state index is -0.0582. The lowest BCUT2D eigenvalue weighted by Crippen LogP contribution is -2.22. The molecule has 3 aromatic rings. The fourth-order valence-electron chi connectivity index (χ4n) is 3.21. The maximum absolute atomic E-state index is 12.0. The maximum atomic E-state index is 12.0. The highest BCUT2D eigenvalue weighted by Crippen LogP contribution is 2.18. The second-order valence-corrected chi connectivity index (χ2v) is 7.49. The molecule has 0 saturated heterocycles. The van der Waals surface area contributed by atoms with E-state index in [4.69, 9.17) is 4.98 Å². The lowest BCUT2D eigenvalue weighted by molar-refractivity contribution is -0.116. The molecule has 4 nitrogen and oxygen atoms in total. The molecule has 1 N–H and O–H groups in total. The lowest BCUT2D eigenvalue weighted by atomic mass is 10.1. The SMILES string of the molecule is CC(C)CCn1c(CCCNC(=O)/C=C/c2ccccc2)nc2ccccc21. The molecule has 0 radical (unpaired) electrons. The second-order valence-electron chi connectivity index (χ2n) is 7.49. The standard InChI is InChI=1S/C24H29N3O/c1-19(2)16-18-27-22-12-7-6-11-21(22)26-23(27)13-8-17-25-24(28)15-14-20-9-4-3-5-10-20/h3-7,9-12,14-15,19H,8,13,16-18H2,1-2H3,(H,25,28)/b15-14+. The third-order valence-electron chi connectivity index (χ3n) is 4.77. The number of benzene rings is 2. The summed E-state index contributed by atoms with van der Waals surface area (Å²) in [6.45, 7) is 6.12. The van der Waals surface area contributed by atoms with Gasteiger partial charge >= 0.3 is 0 Å². The van der Waals surface area contributed by atoms with Crippen LogP contribution in [-0.4, -0.2) is 22.0 Å². The van der Waals surface area contributed by atoms with Crippen molar-refractivity contribution >= 4 is 23.0 Å². The first kappa shape index (κ1) is 19.9. The molecule has 2 aromatic carbocycles. The Kier molecular flexibility index (Phi) is 7.01. The van der Waals surface area contributed by atoms with E-state index in [1.807, 2.05) is 42.5 Å². The predicted octanol–water partition coefficient (Wildman–Crippen LogP) is 4.84. The summed E-state index contributed by atoms with van der Waals surface area (Å²) in [5.74, 6) is 1.71. The van der Waals surface area contributed by atoms with E-state index in [0.29, 0.717) is 12.5 Å². The fourth-order valence-corrected chi connectivity index (χ4v) is 3.21. The number of amides is 1. The van der Waals surface area contributed by atoms with Crippen LogP contribution in [0.4, 0.5) is 0 Å². The molecule has 1 heterocycles. The molecule has 1 aromatic heterocycles. The zero-order chi connectivity index (χ0) is 19.8. The van der Waals surface area contributed by atoms with E-state index in [-0.39, 0.29) is 5.91 Å². The zero-order valence-electron chi connectivity index (χ0n) is 16.8. The van der Waals surface area contributed by atoms with Gasteiger partial charge in [-0.15, -0.1) is 0 Å². The van der Waals surface area contributed by atoms with Crippen molar-refractivity contribution in [1.82, 2.24) is 14.9 Å². The van der Waals surface area contributed by atoms with Gasteiger partial charge in [0.1, 0.15) is 5.82 Å². The Morgan fingerprint density at radius 2 is 1.86 bits per heavy atom. The largest absolute Gasteiger partial charge is 0.353 e. The van der Waals surface area contributed by atoms with E-state index in [1.54, 1.807) is 6.08 Å². The normalized spacial score (nSPS) is 11.5. The van der Waals surface area contributed by atoms with Crippen molar-refractivity contribution < 1.29 is 4.79 Å². The van der Waals surface area contributed by atoms with E-state index in [0.717, 1.165) is 42.7 Å². The molecule has 0 fully saturated rings. The van der Waals surface area contributed by atoms with Gasteiger partial charge in [0.25, 0.3) is 0 Å². The number of nitrogens with one attached hydrogen (secondary N) is 1. The van der Waals surface area contributed by atoms with Crippen molar-refractivity contribution in [1.29, 1.82) is 0 Å². The number of para-hydroxylation sites is 2. The van der Waals surface area contributed by atoms with Crippen molar-refractivity contribution in [2.24, 2.45) is 5.92 Å². The molecular weight excluding hydrogens is 346 g/mol. The summed E-state index contributed by atoms with van der Waals surface area (Å²) in [6, 6.07) is 18.2. The molecule has 0 unspecified atom stereocenters. The molecule has 28 heavy (non-hydrogen) atoms. The van der Waals surface area contributed by atoms with Crippen LogP contribution in [-0.2, 0) is 17.8 Å². The van der Waals surface area contributed by atoms with Gasteiger partial charge in [-0.25, -0.2) is 4.98 Å². The maximum Gasteiger partial charge on any atom is 0.243 e. The third-order valence-corrected chi connectivity index (χ3v) is 4.77. The minimum Gasteiger partial charge on any atom is -0.353 e. The molecule has 1 amide bonds. The number of nitrogens with zero attached hydrogens (tertiary/aromatic N) is 2. The number of aryl methyl sites for hydroxylation is 2. The molecule has 0 bridgehead atoms. The number of carbonyl (C=O) groups excluding carboxylic acids is 1. The molecule has 0 atom stereocenters. The quantitative estimate of drug-likeness (QED) is 0.429. The minimum absolute atomic E-state index is 0.0582. The van der Waals surface area contributed by atoms with E-state index < -0.39 is 0 Å². The summed E-state index contributed by atoms with van der Waals surface area (Å²) in [5, 5.41) is 2.96. The average Bonchev–Trinajstić information content (AvgIpc) is 3.06. The van der Waals surface area contributed by atoms with Crippen LogP contribution < -0.4 is 5.32 Å². The van der Waals surface area contributed by atoms with Gasteiger partial charge in [0.2, 0.25) is 5.91 Å². The molecule has 4 heteroatoms. The van der Waals surface area contributed by atoms with Gasteiger partial charge in [-0.3, -0.25) is 4.79 Å². The van der Waals surface area contributed by atoms with Crippen molar-refractivity contribution in [2.45, 2.75) is 39.7 Å². The van der Waals surface area contributed by atoms with Gasteiger partial charge in [0.15, 0.2) is 0 Å². The van der Waals surface area contributed by atoms with Crippen molar-refractivity contribution in [3.8, 4) is 0 Å². The van der Waals surface area contributed by atoms with Crippen LogP contribution in [0.25, 0.3) is 17.1 Å². The molecule has 0 aliphatic carbocycles. The average molecular weight is 376 g/mol. The zero-order valence-corrected chi connectivity index (χ0v) is 16.8. The smallest absolute Gasteiger partial charge is 0.243 e. The van der Waals surface area contributed by atoms with Gasteiger partial charge in [-0.05, 0) is 42.5 Å². The van der Waals surface area contributed by atoms with Crippen LogP contribution in [0.2, 0.25) is 0 Å². The first-order valence-electron chi connectivity index (χ1n) is 10.1. The van der Waals surface area contributed by atoms with E-state index in [9.17, 15) is 4.79 Å². The van der Waals surface area contributed by atoms with E-state index in [1.165, 1.54) is 5.52 Å². The Hall–Kier alpha value is -2.88. The van der Waals surface area contributed by atoms with Crippen molar-refractivity contribution in [2.75, 3.05) is 6.54 Å². The lowest BCUT2D eigenvalue weighted by Gasteiger charge is -2.11. The Labute approximate surface area is 167 Å². The number of fused-ring (bicyclic) bond motifs is 1. The fraction of sp³-hybridized carbons (Fsp3) is 0.333. The highest BCUT2D eigenvalue weighted by atomic mass is 16.1. The van der Waals surface area contributed by atoms with Crippen LogP contribution in [0.3, 0.4) is 0 Å². The Bertz CT molecular complexity index is 925. The second kappa shape index (κ2) is 9.88. The molecule has 0 saturated carbocycles. The Morgan fingerprint density at radius 3 is 2.64 bits per heavy atom. The van der Waals surface area contributed by atoms with E-state index in [2.05, 4.69) is 41.9 Å². The van der Waals surface area contributed by atoms with Gasteiger partial charge < -0.3 is 9.88 Å². The Morgan fingerprint density at radius 1 is 1.11 bits per heavy atom. The molecule has 3 rings (SSSR count). The monoisotopic (exact) mass is 375 g/mol. The number of hydrogen-bond acceptors (Lipinski definition) is 2. The highest BCUT2D eigenvalue weighted by molar-refractivity contribution is 5.91. The highest BCUT2D eigenvalue weighted by Gasteiger charge is 2.10. The summed E-state index contributed by atoms with van der Waals surface area (Å²) >= 11 is 0. The van der Waals surface area contributed by atoms with Gasteiger partial charge in [0.05, 0.1) is 11.0 Å². The topological polar surface area (TPSA) is 46.9 Å². The molecular formula is C24H29N3O. The molecule has 0 aliphatic heterocycles. The summed E-state index contributed by atoms with van der Waals surface area (Å²) < 4.78 is 2.34. The van der Waals surface area contributed by atoms with Crippen molar-refractivity contribution in [3.63, 3.8) is 0 Å². The number of aromatic nitrogens is 2. The van der Waals surface area contributed by atoms with Gasteiger partial charge in [-0.2, -0.15) is 0 Å². The van der Waals surface area contributed by atoms with Crippen LogP contribution >= 0.6 is 0 Å². The first-order valence-corrected chi connectivity index (χ1v) is 10.1. The predicted molar refractivity (Wildman–Crippen MR) is 116 cm³/mol. The van der Waals surface area contributed by atoms with Crippen LogP contribution in [0.5, 0.6) is 0 Å². The summed E-state index contributed by atoms with van der Waals surface area (Å²) in [6.07, 6.45) is 6.29. The molecule has 0 spiro atoms. The molecule has 146 valence electrons. The van der Waals surface area contributed by atoms with Crippen LogP contribution in [0.1, 0.15) is 38.1 Å². The number of carbonyl (C=O) groups is 1. The third kappa shape index (κ3) is 5.56. The molecule has 0 aliphatic rings. The van der Waals surface area contributed by atoms with Gasteiger partial charge in [0, 0.05) is 25.6 Å². The van der Waals surface area contributed by atoms with Gasteiger partial charge in [-0.1, -0.05) is 56.3 Å². The number of rotatable bonds is 9. The number of hydrogen-bond donors (Lipinski definition) is 1. The van der Waals surface area contributed by atoms with Crippen LogP contribution in [0, 0.1) is 5.92 Å². The summed E-state index contributed by atoms with van der Waals surface area (Å²) in [4.78, 5) is 16.8. The first-order chi connectivity index (χ1) is 13.6. The number of imidazole rings is 1. The van der Waals surface area contributed by atoms with Crippen molar-refractivity contribution in [3.05, 3.63) is 72.1 Å².